The molecule has 3 aromatic rings. The molecule has 4 heteroatoms. The van der Waals surface area contributed by atoms with Crippen molar-refractivity contribution in [2.45, 2.75) is 19.4 Å². The van der Waals surface area contributed by atoms with E-state index in [4.69, 9.17) is 4.74 Å². The van der Waals surface area contributed by atoms with E-state index in [9.17, 15) is 4.79 Å². The van der Waals surface area contributed by atoms with E-state index in [2.05, 4.69) is 29.2 Å². The van der Waals surface area contributed by atoms with Gasteiger partial charge in [0.15, 0.2) is 0 Å². The number of carbonyl (C=O) groups is 1. The molecule has 1 aliphatic heterocycles. The van der Waals surface area contributed by atoms with Crippen LogP contribution in [-0.2, 0) is 17.8 Å². The molecule has 0 aliphatic carbocycles. The van der Waals surface area contributed by atoms with Crippen LogP contribution in [0.5, 0.6) is 11.5 Å². The molecule has 1 fully saturated rings. The van der Waals surface area contributed by atoms with Crippen LogP contribution < -0.4 is 4.74 Å². The van der Waals surface area contributed by atoms with Crippen LogP contribution in [0.3, 0.4) is 0 Å². The Morgan fingerprint density at radius 1 is 0.767 bits per heavy atom. The average Bonchev–Trinajstić information content (AvgIpc) is 2.80. The number of hydrogen-bond donors (Lipinski definition) is 0. The van der Waals surface area contributed by atoms with Crippen molar-refractivity contribution in [3.63, 3.8) is 0 Å². The summed E-state index contributed by atoms with van der Waals surface area (Å²) < 4.78 is 6.03. The number of aryl methyl sites for hydroxylation is 1. The Labute approximate surface area is 178 Å². The summed E-state index contributed by atoms with van der Waals surface area (Å²) >= 11 is 0. The number of para-hydroxylation sites is 2. The molecule has 4 nitrogen and oxygen atoms in total. The van der Waals surface area contributed by atoms with Gasteiger partial charge in [-0.2, -0.15) is 0 Å². The zero-order valence-corrected chi connectivity index (χ0v) is 17.2. The summed E-state index contributed by atoms with van der Waals surface area (Å²) in [6, 6.07) is 28.3. The topological polar surface area (TPSA) is 32.8 Å². The lowest BCUT2D eigenvalue weighted by molar-refractivity contribution is -0.133. The third-order valence-corrected chi connectivity index (χ3v) is 5.53. The molecular weight excluding hydrogens is 372 g/mol. The van der Waals surface area contributed by atoms with Crippen molar-refractivity contribution in [1.82, 2.24) is 9.80 Å². The molecule has 0 unspecified atom stereocenters. The first kappa shape index (κ1) is 20.2. The average molecular weight is 401 g/mol. The largest absolute Gasteiger partial charge is 0.457 e. The van der Waals surface area contributed by atoms with Gasteiger partial charge in [0.25, 0.3) is 0 Å². The molecule has 0 N–H and O–H groups in total. The Balaban J connectivity index is 1.27. The summed E-state index contributed by atoms with van der Waals surface area (Å²) in [7, 11) is 0. The minimum atomic E-state index is 0.226. The molecule has 1 saturated heterocycles. The Morgan fingerprint density at radius 3 is 2.13 bits per heavy atom. The molecular formula is C26H28N2O2. The highest BCUT2D eigenvalue weighted by molar-refractivity contribution is 5.76. The first-order valence-electron chi connectivity index (χ1n) is 10.6. The maximum Gasteiger partial charge on any atom is 0.222 e. The van der Waals surface area contributed by atoms with E-state index in [1.807, 2.05) is 65.6 Å². The summed E-state index contributed by atoms with van der Waals surface area (Å²) in [5.41, 5.74) is 2.39. The van der Waals surface area contributed by atoms with Gasteiger partial charge in [0, 0.05) is 39.1 Å². The van der Waals surface area contributed by atoms with Crippen LogP contribution in [0.2, 0.25) is 0 Å². The van der Waals surface area contributed by atoms with E-state index in [0.29, 0.717) is 12.8 Å². The first-order chi connectivity index (χ1) is 14.8. The SMILES string of the molecule is O=C(CCc1ccccc1Oc1ccccc1)N1CCN(Cc2ccccc2)CC1. The quantitative estimate of drug-likeness (QED) is 0.573. The maximum absolute atomic E-state index is 12.8. The number of hydrogen-bond acceptors (Lipinski definition) is 3. The fourth-order valence-electron chi connectivity index (χ4n) is 3.82. The van der Waals surface area contributed by atoms with E-state index >= 15 is 0 Å². The summed E-state index contributed by atoms with van der Waals surface area (Å²) in [5.74, 6) is 1.86. The van der Waals surface area contributed by atoms with Crippen LogP contribution in [0.25, 0.3) is 0 Å². The summed E-state index contributed by atoms with van der Waals surface area (Å²) in [6.07, 6.45) is 1.19. The molecule has 154 valence electrons. The lowest BCUT2D eigenvalue weighted by Crippen LogP contribution is -2.48. The number of nitrogens with zero attached hydrogens (tertiary/aromatic N) is 2. The minimum Gasteiger partial charge on any atom is -0.457 e. The third kappa shape index (κ3) is 5.49. The summed E-state index contributed by atoms with van der Waals surface area (Å²) in [6.45, 7) is 4.40. The van der Waals surface area contributed by atoms with Gasteiger partial charge in [-0.3, -0.25) is 9.69 Å². The molecule has 1 aliphatic rings. The number of piperazine rings is 1. The van der Waals surface area contributed by atoms with Gasteiger partial charge in [-0.05, 0) is 35.7 Å². The molecule has 4 rings (SSSR count). The fraction of sp³-hybridized carbons (Fsp3) is 0.269. The maximum atomic E-state index is 12.8. The second-order valence-corrected chi connectivity index (χ2v) is 7.67. The Morgan fingerprint density at radius 2 is 1.40 bits per heavy atom. The molecule has 0 saturated carbocycles. The van der Waals surface area contributed by atoms with Crippen LogP contribution in [0.4, 0.5) is 0 Å². The first-order valence-corrected chi connectivity index (χ1v) is 10.6. The van der Waals surface area contributed by atoms with Crippen molar-refractivity contribution in [2.24, 2.45) is 0 Å². The lowest BCUT2D eigenvalue weighted by Gasteiger charge is -2.34. The second-order valence-electron chi connectivity index (χ2n) is 7.67. The highest BCUT2D eigenvalue weighted by atomic mass is 16.5. The van der Waals surface area contributed by atoms with Gasteiger partial charge in [0.2, 0.25) is 5.91 Å². The molecule has 0 bridgehead atoms. The van der Waals surface area contributed by atoms with Gasteiger partial charge in [-0.1, -0.05) is 66.7 Å². The van der Waals surface area contributed by atoms with Crippen molar-refractivity contribution in [2.75, 3.05) is 26.2 Å². The standard InChI is InChI=1S/C26H28N2O2/c29-26(28-19-17-27(18-20-28)21-22-9-3-1-4-10-22)16-15-23-11-7-8-14-25(23)30-24-12-5-2-6-13-24/h1-14H,15-21H2. The zero-order chi connectivity index (χ0) is 20.6. The third-order valence-electron chi connectivity index (χ3n) is 5.53. The van der Waals surface area contributed by atoms with Crippen LogP contribution in [-0.4, -0.2) is 41.9 Å². The van der Waals surface area contributed by atoms with Crippen LogP contribution in [0.15, 0.2) is 84.9 Å². The molecule has 1 amide bonds. The van der Waals surface area contributed by atoms with Crippen molar-refractivity contribution >= 4 is 5.91 Å². The number of amides is 1. The normalized spacial score (nSPS) is 14.5. The van der Waals surface area contributed by atoms with Gasteiger partial charge in [0.1, 0.15) is 11.5 Å². The van der Waals surface area contributed by atoms with E-state index in [0.717, 1.165) is 49.8 Å². The summed E-state index contributed by atoms with van der Waals surface area (Å²) in [5, 5.41) is 0. The van der Waals surface area contributed by atoms with Gasteiger partial charge >= 0.3 is 0 Å². The van der Waals surface area contributed by atoms with Crippen LogP contribution in [0.1, 0.15) is 17.5 Å². The molecule has 0 atom stereocenters. The van der Waals surface area contributed by atoms with Crippen molar-refractivity contribution in [3.8, 4) is 11.5 Å². The van der Waals surface area contributed by atoms with E-state index in [1.165, 1.54) is 5.56 Å². The fourth-order valence-corrected chi connectivity index (χ4v) is 3.82. The van der Waals surface area contributed by atoms with Gasteiger partial charge in [-0.25, -0.2) is 0 Å². The van der Waals surface area contributed by atoms with Gasteiger partial charge in [0.05, 0.1) is 0 Å². The summed E-state index contributed by atoms with van der Waals surface area (Å²) in [4.78, 5) is 17.2. The number of rotatable bonds is 7. The van der Waals surface area contributed by atoms with E-state index < -0.39 is 0 Å². The highest BCUT2D eigenvalue weighted by Gasteiger charge is 2.21. The van der Waals surface area contributed by atoms with E-state index in [1.54, 1.807) is 0 Å². The van der Waals surface area contributed by atoms with E-state index in [-0.39, 0.29) is 5.91 Å². The van der Waals surface area contributed by atoms with Crippen molar-refractivity contribution in [1.29, 1.82) is 0 Å². The number of benzene rings is 3. The highest BCUT2D eigenvalue weighted by Crippen LogP contribution is 2.26. The van der Waals surface area contributed by atoms with Crippen LogP contribution in [0, 0.1) is 0 Å². The second kappa shape index (κ2) is 10.1. The number of carbonyl (C=O) groups excluding carboxylic acids is 1. The van der Waals surface area contributed by atoms with Crippen molar-refractivity contribution in [3.05, 3.63) is 96.1 Å². The van der Waals surface area contributed by atoms with Gasteiger partial charge < -0.3 is 9.64 Å². The Hall–Kier alpha value is -3.11. The molecule has 0 spiro atoms. The van der Waals surface area contributed by atoms with Crippen molar-refractivity contribution < 1.29 is 9.53 Å². The zero-order valence-electron chi connectivity index (χ0n) is 17.2. The predicted molar refractivity (Wildman–Crippen MR) is 120 cm³/mol. The molecule has 1 heterocycles. The minimum absolute atomic E-state index is 0.226. The Kier molecular flexibility index (Phi) is 6.78. The molecule has 30 heavy (non-hydrogen) atoms. The molecule has 3 aromatic carbocycles. The molecule has 0 aromatic heterocycles. The molecule has 0 radical (unpaired) electrons. The monoisotopic (exact) mass is 400 g/mol. The predicted octanol–water partition coefficient (Wildman–Crippen LogP) is 4.76. The van der Waals surface area contributed by atoms with Crippen LogP contribution >= 0.6 is 0 Å². The van der Waals surface area contributed by atoms with Gasteiger partial charge in [-0.15, -0.1) is 0 Å². The lowest BCUT2D eigenvalue weighted by atomic mass is 10.1. The smallest absolute Gasteiger partial charge is 0.222 e. The Bertz CT molecular complexity index is 936. The number of ether oxygens (including phenoxy) is 1.